The third-order valence-corrected chi connectivity index (χ3v) is 2.92. The number of hydrogen-bond acceptors (Lipinski definition) is 4. The predicted octanol–water partition coefficient (Wildman–Crippen LogP) is -0.496. The van der Waals surface area contributed by atoms with Gasteiger partial charge in [0.15, 0.2) is 0 Å². The Balaban J connectivity index is 1.92. The molecule has 0 radical (unpaired) electrons. The molecule has 1 aromatic rings. The number of rotatable bonds is 4. The summed E-state index contributed by atoms with van der Waals surface area (Å²) >= 11 is 0. The van der Waals surface area contributed by atoms with E-state index in [-0.39, 0.29) is 11.9 Å². The number of carbonyl (C=O) groups excluding carboxylic acids is 2. The van der Waals surface area contributed by atoms with Crippen LogP contribution in [0.4, 0.5) is 0 Å². The summed E-state index contributed by atoms with van der Waals surface area (Å²) in [7, 11) is 0. The van der Waals surface area contributed by atoms with Gasteiger partial charge in [0.2, 0.25) is 5.91 Å². The van der Waals surface area contributed by atoms with Crippen molar-refractivity contribution < 1.29 is 14.3 Å². The molecule has 1 saturated heterocycles. The van der Waals surface area contributed by atoms with Crippen molar-refractivity contribution >= 4 is 11.8 Å². The largest absolute Gasteiger partial charge is 0.378 e. The fraction of sp³-hybridized carbons (Fsp3) is 0.385. The first kappa shape index (κ1) is 13.5. The molecule has 102 valence electrons. The predicted molar refractivity (Wildman–Crippen MR) is 69.9 cm³/mol. The first-order chi connectivity index (χ1) is 9.16. The first-order valence-electron chi connectivity index (χ1n) is 6.16. The molecule has 4 N–H and O–H groups in total. The summed E-state index contributed by atoms with van der Waals surface area (Å²) in [6, 6.07) is 6.47. The van der Waals surface area contributed by atoms with Crippen LogP contribution in [0.2, 0.25) is 0 Å². The van der Waals surface area contributed by atoms with Gasteiger partial charge in [0.1, 0.15) is 0 Å². The minimum atomic E-state index is -0.544. The zero-order chi connectivity index (χ0) is 13.7. The average molecular weight is 263 g/mol. The van der Waals surface area contributed by atoms with Crippen molar-refractivity contribution in [3.05, 3.63) is 35.4 Å². The second-order valence-corrected chi connectivity index (χ2v) is 4.38. The van der Waals surface area contributed by atoms with Crippen molar-refractivity contribution in [1.82, 2.24) is 10.6 Å². The lowest BCUT2D eigenvalue weighted by Gasteiger charge is -2.23. The third-order valence-electron chi connectivity index (χ3n) is 2.92. The lowest BCUT2D eigenvalue weighted by atomic mass is 10.1. The molecular weight excluding hydrogens is 246 g/mol. The summed E-state index contributed by atoms with van der Waals surface area (Å²) in [5.41, 5.74) is 5.93. The first-order valence-corrected chi connectivity index (χ1v) is 6.16. The Morgan fingerprint density at radius 2 is 2.21 bits per heavy atom. The Morgan fingerprint density at radius 3 is 2.89 bits per heavy atom. The molecule has 1 heterocycles. The van der Waals surface area contributed by atoms with E-state index in [1.54, 1.807) is 18.2 Å². The average Bonchev–Trinajstić information content (AvgIpc) is 2.46. The molecule has 0 bridgehead atoms. The van der Waals surface area contributed by atoms with Crippen molar-refractivity contribution in [1.29, 1.82) is 0 Å². The van der Waals surface area contributed by atoms with E-state index in [0.29, 0.717) is 30.9 Å². The van der Waals surface area contributed by atoms with E-state index in [0.717, 1.165) is 6.54 Å². The molecule has 0 saturated carbocycles. The van der Waals surface area contributed by atoms with Crippen molar-refractivity contribution in [2.24, 2.45) is 5.73 Å². The zero-order valence-corrected chi connectivity index (χ0v) is 10.5. The lowest BCUT2D eigenvalue weighted by Crippen LogP contribution is -2.48. The quantitative estimate of drug-likeness (QED) is 0.683. The monoisotopic (exact) mass is 263 g/mol. The minimum Gasteiger partial charge on any atom is -0.378 e. The van der Waals surface area contributed by atoms with E-state index < -0.39 is 5.91 Å². The second kappa shape index (κ2) is 6.31. The molecule has 6 heteroatoms. The van der Waals surface area contributed by atoms with Gasteiger partial charge in [-0.2, -0.15) is 0 Å². The number of nitrogens with one attached hydrogen (secondary N) is 2. The smallest absolute Gasteiger partial charge is 0.251 e. The fourth-order valence-corrected chi connectivity index (χ4v) is 1.88. The zero-order valence-electron chi connectivity index (χ0n) is 10.5. The van der Waals surface area contributed by atoms with Gasteiger partial charge in [0, 0.05) is 30.3 Å². The molecule has 1 aliphatic rings. The van der Waals surface area contributed by atoms with Gasteiger partial charge in [0.05, 0.1) is 13.2 Å². The number of benzene rings is 1. The summed E-state index contributed by atoms with van der Waals surface area (Å²) in [5, 5.41) is 6.04. The molecule has 1 fully saturated rings. The molecule has 1 aromatic carbocycles. The van der Waals surface area contributed by atoms with Crippen LogP contribution in [-0.2, 0) is 4.74 Å². The molecule has 0 aromatic heterocycles. The molecule has 2 amide bonds. The minimum absolute atomic E-state index is 0.122. The van der Waals surface area contributed by atoms with E-state index in [1.807, 2.05) is 0 Å². The highest BCUT2D eigenvalue weighted by molar-refractivity contribution is 5.99. The van der Waals surface area contributed by atoms with E-state index in [2.05, 4.69) is 10.6 Å². The van der Waals surface area contributed by atoms with E-state index >= 15 is 0 Å². The molecule has 1 aliphatic heterocycles. The summed E-state index contributed by atoms with van der Waals surface area (Å²) in [6.45, 7) is 2.56. The van der Waals surface area contributed by atoms with Crippen LogP contribution in [0, 0.1) is 0 Å². The molecule has 2 rings (SSSR count). The Labute approximate surface area is 111 Å². The molecule has 0 spiro atoms. The molecule has 19 heavy (non-hydrogen) atoms. The lowest BCUT2D eigenvalue weighted by molar-refractivity contribution is 0.0734. The Bertz CT molecular complexity index is 470. The molecule has 1 atom stereocenters. The number of amides is 2. The standard InChI is InChI=1S/C13H17N3O3/c14-12(17)9-2-1-3-10(6-9)13(18)16-7-11-8-19-5-4-15-11/h1-3,6,11,15H,4-5,7-8H2,(H2,14,17)(H,16,18). The van der Waals surface area contributed by atoms with Crippen molar-refractivity contribution in [3.8, 4) is 0 Å². The second-order valence-electron chi connectivity index (χ2n) is 4.38. The van der Waals surface area contributed by atoms with Gasteiger partial charge in [-0.3, -0.25) is 9.59 Å². The van der Waals surface area contributed by atoms with Crippen LogP contribution in [0.3, 0.4) is 0 Å². The van der Waals surface area contributed by atoms with Gasteiger partial charge in [-0.25, -0.2) is 0 Å². The molecular formula is C13H17N3O3. The maximum atomic E-state index is 11.9. The normalized spacial score (nSPS) is 18.8. The third kappa shape index (κ3) is 3.77. The summed E-state index contributed by atoms with van der Waals surface area (Å²) in [6.07, 6.45) is 0. The number of ether oxygens (including phenoxy) is 1. The van der Waals surface area contributed by atoms with Gasteiger partial charge in [-0.05, 0) is 18.2 Å². The van der Waals surface area contributed by atoms with Crippen LogP contribution in [0.5, 0.6) is 0 Å². The molecule has 1 unspecified atom stereocenters. The maximum absolute atomic E-state index is 11.9. The van der Waals surface area contributed by atoms with Crippen molar-refractivity contribution in [3.63, 3.8) is 0 Å². The maximum Gasteiger partial charge on any atom is 0.251 e. The topological polar surface area (TPSA) is 93.5 Å². The highest BCUT2D eigenvalue weighted by Gasteiger charge is 2.15. The van der Waals surface area contributed by atoms with Crippen LogP contribution in [0.1, 0.15) is 20.7 Å². The highest BCUT2D eigenvalue weighted by atomic mass is 16.5. The van der Waals surface area contributed by atoms with Crippen LogP contribution < -0.4 is 16.4 Å². The Kier molecular flexibility index (Phi) is 4.48. The summed E-state index contributed by atoms with van der Waals surface area (Å²) < 4.78 is 5.30. The Morgan fingerprint density at radius 1 is 1.42 bits per heavy atom. The van der Waals surface area contributed by atoms with Gasteiger partial charge in [0.25, 0.3) is 5.91 Å². The van der Waals surface area contributed by atoms with Gasteiger partial charge >= 0.3 is 0 Å². The van der Waals surface area contributed by atoms with Gasteiger partial charge in [-0.1, -0.05) is 6.07 Å². The summed E-state index contributed by atoms with van der Waals surface area (Å²) in [4.78, 5) is 23.0. The number of hydrogen-bond donors (Lipinski definition) is 3. The highest BCUT2D eigenvalue weighted by Crippen LogP contribution is 2.04. The molecule has 6 nitrogen and oxygen atoms in total. The van der Waals surface area contributed by atoms with Crippen LogP contribution in [0.25, 0.3) is 0 Å². The number of carbonyl (C=O) groups is 2. The molecule has 0 aliphatic carbocycles. The van der Waals surface area contributed by atoms with Crippen molar-refractivity contribution in [2.45, 2.75) is 6.04 Å². The SMILES string of the molecule is NC(=O)c1cccc(C(=O)NCC2COCCN2)c1. The van der Waals surface area contributed by atoms with Crippen LogP contribution >= 0.6 is 0 Å². The van der Waals surface area contributed by atoms with E-state index in [4.69, 9.17) is 10.5 Å². The number of morpholine rings is 1. The number of nitrogens with two attached hydrogens (primary N) is 1. The van der Waals surface area contributed by atoms with E-state index in [1.165, 1.54) is 6.07 Å². The summed E-state index contributed by atoms with van der Waals surface area (Å²) in [5.74, 6) is -0.771. The van der Waals surface area contributed by atoms with Crippen molar-refractivity contribution in [2.75, 3.05) is 26.3 Å². The van der Waals surface area contributed by atoms with Gasteiger partial charge < -0.3 is 21.1 Å². The number of primary amides is 1. The van der Waals surface area contributed by atoms with Gasteiger partial charge in [-0.15, -0.1) is 0 Å². The fourth-order valence-electron chi connectivity index (χ4n) is 1.88. The van der Waals surface area contributed by atoms with Crippen LogP contribution in [0.15, 0.2) is 24.3 Å². The Hall–Kier alpha value is -1.92. The van der Waals surface area contributed by atoms with E-state index in [9.17, 15) is 9.59 Å². The van der Waals surface area contributed by atoms with Crippen LogP contribution in [-0.4, -0.2) is 44.2 Å².